The van der Waals surface area contributed by atoms with Crippen LogP contribution in [0.1, 0.15) is 35.7 Å². The summed E-state index contributed by atoms with van der Waals surface area (Å²) in [7, 11) is 0. The van der Waals surface area contributed by atoms with Gasteiger partial charge in [0.05, 0.1) is 17.7 Å². The zero-order valence-electron chi connectivity index (χ0n) is 8.74. The Hall–Kier alpha value is -1.65. The van der Waals surface area contributed by atoms with Crippen molar-refractivity contribution >= 4 is 5.97 Å². The Morgan fingerprint density at radius 2 is 2.19 bits per heavy atom. The van der Waals surface area contributed by atoms with Crippen molar-refractivity contribution < 1.29 is 23.4 Å². The number of halogens is 2. The van der Waals surface area contributed by atoms with Gasteiger partial charge in [0.15, 0.2) is 0 Å². The Labute approximate surface area is 91.7 Å². The van der Waals surface area contributed by atoms with Crippen molar-refractivity contribution in [3.8, 4) is 5.75 Å². The summed E-state index contributed by atoms with van der Waals surface area (Å²) in [6.07, 6.45) is -2.05. The number of carbonyl (C=O) groups is 1. The van der Waals surface area contributed by atoms with E-state index in [1.807, 2.05) is 6.92 Å². The number of carboxylic acids is 1. The lowest BCUT2D eigenvalue weighted by atomic mass is 10.1. The van der Waals surface area contributed by atoms with E-state index in [0.29, 0.717) is 13.0 Å². The second-order valence-electron chi connectivity index (χ2n) is 3.21. The average Bonchev–Trinajstić information content (AvgIpc) is 2.25. The summed E-state index contributed by atoms with van der Waals surface area (Å²) in [6.45, 7) is 2.18. The van der Waals surface area contributed by atoms with Crippen LogP contribution >= 0.6 is 0 Å². The number of aromatic carboxylic acids is 1. The van der Waals surface area contributed by atoms with Crippen molar-refractivity contribution in [1.29, 1.82) is 0 Å². The Bertz CT molecular complexity index is 377. The highest BCUT2D eigenvalue weighted by molar-refractivity contribution is 5.88. The standard InChI is InChI=1S/C11H12F2O3/c1-2-5-16-9-4-3-7(11(14)15)6-8(9)10(12)13/h3-4,6,10H,2,5H2,1H3,(H,14,15). The van der Waals surface area contributed by atoms with Crippen LogP contribution in [0.4, 0.5) is 8.78 Å². The van der Waals surface area contributed by atoms with E-state index in [9.17, 15) is 13.6 Å². The van der Waals surface area contributed by atoms with Gasteiger partial charge >= 0.3 is 5.97 Å². The van der Waals surface area contributed by atoms with E-state index in [0.717, 1.165) is 6.07 Å². The fourth-order valence-electron chi connectivity index (χ4n) is 1.20. The molecule has 1 aromatic rings. The van der Waals surface area contributed by atoms with Gasteiger partial charge in [0, 0.05) is 0 Å². The van der Waals surface area contributed by atoms with Crippen LogP contribution in [0.3, 0.4) is 0 Å². The molecule has 0 aliphatic carbocycles. The minimum atomic E-state index is -2.74. The SMILES string of the molecule is CCCOc1ccc(C(=O)O)cc1C(F)F. The highest BCUT2D eigenvalue weighted by Gasteiger charge is 2.16. The predicted octanol–water partition coefficient (Wildman–Crippen LogP) is 3.11. The summed E-state index contributed by atoms with van der Waals surface area (Å²) in [5.74, 6) is -1.19. The summed E-state index contributed by atoms with van der Waals surface area (Å²) in [5.41, 5.74) is -0.549. The van der Waals surface area contributed by atoms with Gasteiger partial charge in [-0.25, -0.2) is 13.6 Å². The molecule has 0 aromatic heterocycles. The van der Waals surface area contributed by atoms with Crippen molar-refractivity contribution in [2.75, 3.05) is 6.61 Å². The van der Waals surface area contributed by atoms with Gasteiger partial charge in [-0.3, -0.25) is 0 Å². The van der Waals surface area contributed by atoms with Gasteiger partial charge in [-0.2, -0.15) is 0 Å². The molecule has 16 heavy (non-hydrogen) atoms. The minimum Gasteiger partial charge on any atom is -0.493 e. The van der Waals surface area contributed by atoms with Crippen molar-refractivity contribution in [3.63, 3.8) is 0 Å². The quantitative estimate of drug-likeness (QED) is 0.845. The second kappa shape index (κ2) is 5.44. The predicted molar refractivity (Wildman–Crippen MR) is 54.1 cm³/mol. The van der Waals surface area contributed by atoms with Crippen LogP contribution in [-0.2, 0) is 0 Å². The molecule has 0 unspecified atom stereocenters. The molecule has 1 N–H and O–H groups in total. The summed E-state index contributed by atoms with van der Waals surface area (Å²) < 4.78 is 30.4. The van der Waals surface area contributed by atoms with E-state index >= 15 is 0 Å². The first-order valence-electron chi connectivity index (χ1n) is 4.84. The first-order valence-corrected chi connectivity index (χ1v) is 4.84. The smallest absolute Gasteiger partial charge is 0.335 e. The third-order valence-electron chi connectivity index (χ3n) is 1.95. The van der Waals surface area contributed by atoms with Crippen LogP contribution in [0.25, 0.3) is 0 Å². The third kappa shape index (κ3) is 2.92. The molecule has 0 saturated carbocycles. The summed E-state index contributed by atoms with van der Waals surface area (Å²) in [4.78, 5) is 10.6. The van der Waals surface area contributed by atoms with Crippen molar-refractivity contribution in [2.45, 2.75) is 19.8 Å². The normalized spacial score (nSPS) is 10.5. The summed E-state index contributed by atoms with van der Waals surface area (Å²) >= 11 is 0. The molecule has 0 aliphatic heterocycles. The van der Waals surface area contributed by atoms with Gasteiger partial charge in [-0.1, -0.05) is 6.92 Å². The van der Waals surface area contributed by atoms with Crippen LogP contribution in [0.5, 0.6) is 5.75 Å². The maximum absolute atomic E-state index is 12.6. The fourth-order valence-corrected chi connectivity index (χ4v) is 1.20. The fraction of sp³-hybridized carbons (Fsp3) is 0.364. The highest BCUT2D eigenvalue weighted by atomic mass is 19.3. The Morgan fingerprint density at radius 3 is 2.69 bits per heavy atom. The highest BCUT2D eigenvalue weighted by Crippen LogP contribution is 2.30. The van der Waals surface area contributed by atoms with Gasteiger partial charge in [0.1, 0.15) is 5.75 Å². The van der Waals surface area contributed by atoms with E-state index in [-0.39, 0.29) is 16.9 Å². The molecular weight excluding hydrogens is 218 g/mol. The number of alkyl halides is 2. The molecule has 0 aliphatic rings. The Morgan fingerprint density at radius 1 is 1.50 bits per heavy atom. The number of hydrogen-bond acceptors (Lipinski definition) is 2. The molecule has 0 amide bonds. The van der Waals surface area contributed by atoms with Crippen LogP contribution in [0.2, 0.25) is 0 Å². The molecule has 0 heterocycles. The first-order chi connectivity index (χ1) is 7.56. The second-order valence-corrected chi connectivity index (χ2v) is 3.21. The lowest BCUT2D eigenvalue weighted by molar-refractivity contribution is 0.0696. The minimum absolute atomic E-state index is 0.0434. The molecule has 88 valence electrons. The van der Waals surface area contributed by atoms with Crippen LogP contribution < -0.4 is 4.74 Å². The van der Waals surface area contributed by atoms with Crippen molar-refractivity contribution in [1.82, 2.24) is 0 Å². The van der Waals surface area contributed by atoms with Gasteiger partial charge < -0.3 is 9.84 Å². The summed E-state index contributed by atoms with van der Waals surface area (Å²) in [5, 5.41) is 8.67. The molecular formula is C11H12F2O3. The Balaban J connectivity index is 3.04. The molecule has 0 radical (unpaired) electrons. The number of carboxylic acid groups (broad SMARTS) is 1. The molecule has 0 bridgehead atoms. The van der Waals surface area contributed by atoms with E-state index in [1.165, 1.54) is 12.1 Å². The topological polar surface area (TPSA) is 46.5 Å². The molecule has 1 aromatic carbocycles. The van der Waals surface area contributed by atoms with E-state index in [2.05, 4.69) is 0 Å². The number of ether oxygens (including phenoxy) is 1. The largest absolute Gasteiger partial charge is 0.493 e. The van der Waals surface area contributed by atoms with Crippen LogP contribution in [0, 0.1) is 0 Å². The van der Waals surface area contributed by atoms with Crippen LogP contribution in [-0.4, -0.2) is 17.7 Å². The number of rotatable bonds is 5. The zero-order valence-corrected chi connectivity index (χ0v) is 8.74. The molecule has 0 spiro atoms. The number of hydrogen-bond donors (Lipinski definition) is 1. The van der Waals surface area contributed by atoms with E-state index in [1.54, 1.807) is 0 Å². The van der Waals surface area contributed by atoms with Gasteiger partial charge in [-0.05, 0) is 24.6 Å². The van der Waals surface area contributed by atoms with Crippen molar-refractivity contribution in [2.24, 2.45) is 0 Å². The number of benzene rings is 1. The molecule has 3 nitrogen and oxygen atoms in total. The van der Waals surface area contributed by atoms with Gasteiger partial charge in [-0.15, -0.1) is 0 Å². The summed E-state index contributed by atoms with van der Waals surface area (Å²) in [6, 6.07) is 3.46. The molecule has 0 fully saturated rings. The zero-order chi connectivity index (χ0) is 12.1. The maximum Gasteiger partial charge on any atom is 0.335 e. The molecule has 0 atom stereocenters. The van der Waals surface area contributed by atoms with Gasteiger partial charge in [0.25, 0.3) is 6.43 Å². The van der Waals surface area contributed by atoms with Crippen molar-refractivity contribution in [3.05, 3.63) is 29.3 Å². The van der Waals surface area contributed by atoms with Gasteiger partial charge in [0.2, 0.25) is 0 Å². The monoisotopic (exact) mass is 230 g/mol. The lowest BCUT2D eigenvalue weighted by Crippen LogP contribution is -2.03. The molecule has 0 saturated heterocycles. The lowest BCUT2D eigenvalue weighted by Gasteiger charge is -2.10. The Kier molecular flexibility index (Phi) is 4.22. The van der Waals surface area contributed by atoms with E-state index < -0.39 is 12.4 Å². The third-order valence-corrected chi connectivity index (χ3v) is 1.95. The first kappa shape index (κ1) is 12.4. The van der Waals surface area contributed by atoms with E-state index in [4.69, 9.17) is 9.84 Å². The maximum atomic E-state index is 12.6. The molecule has 5 heteroatoms. The molecule has 1 rings (SSSR count). The van der Waals surface area contributed by atoms with Crippen LogP contribution in [0.15, 0.2) is 18.2 Å². The average molecular weight is 230 g/mol.